The number of benzene rings is 2. The van der Waals surface area contributed by atoms with Crippen LogP contribution < -0.4 is 15.5 Å². The predicted octanol–water partition coefficient (Wildman–Crippen LogP) is 2.89. The second kappa shape index (κ2) is 9.40. The maximum Gasteiger partial charge on any atom is 0.251 e. The van der Waals surface area contributed by atoms with Crippen molar-refractivity contribution in [1.29, 1.82) is 0 Å². The van der Waals surface area contributed by atoms with Crippen LogP contribution in [0.25, 0.3) is 11.3 Å². The molecule has 0 spiro atoms. The number of fused-ring (bicyclic) bond motifs is 1. The molecular weight excluding hydrogens is 430 g/mol. The molecule has 2 fully saturated rings. The fraction of sp³-hybridized carbons (Fsp3) is 0.346. The highest BCUT2D eigenvalue weighted by atomic mass is 16.6. The van der Waals surface area contributed by atoms with E-state index in [0.29, 0.717) is 24.7 Å². The molecule has 3 heterocycles. The van der Waals surface area contributed by atoms with E-state index in [1.807, 2.05) is 51.4 Å². The van der Waals surface area contributed by atoms with Gasteiger partial charge in [0.05, 0.1) is 31.0 Å². The third-order valence-corrected chi connectivity index (χ3v) is 6.33. The van der Waals surface area contributed by atoms with E-state index in [-0.39, 0.29) is 30.2 Å². The van der Waals surface area contributed by atoms with Crippen LogP contribution in [0.15, 0.2) is 60.8 Å². The summed E-state index contributed by atoms with van der Waals surface area (Å²) in [5.41, 5.74) is 4.74. The summed E-state index contributed by atoms with van der Waals surface area (Å²) in [6.07, 6.45) is 1.35. The Labute approximate surface area is 199 Å². The SMILES string of the molecule is Cc1ccc(C(=O)N[C@@H]2CO[C@@H]3[C@@H]2OC[C@@H]3Nc2nccc(-c3ccc(N(C)C)cc3)n2)cc1. The zero-order valence-corrected chi connectivity index (χ0v) is 19.6. The number of nitrogens with zero attached hydrogens (tertiary/aromatic N) is 3. The van der Waals surface area contributed by atoms with E-state index in [4.69, 9.17) is 14.5 Å². The smallest absolute Gasteiger partial charge is 0.251 e. The minimum absolute atomic E-state index is 0.0994. The molecule has 2 aliphatic rings. The highest BCUT2D eigenvalue weighted by Gasteiger charge is 2.48. The summed E-state index contributed by atoms with van der Waals surface area (Å²) in [6, 6.07) is 17.4. The van der Waals surface area contributed by atoms with Gasteiger partial charge in [-0.05, 0) is 37.3 Å². The molecule has 8 heteroatoms. The van der Waals surface area contributed by atoms with Crippen molar-refractivity contribution in [3.63, 3.8) is 0 Å². The Kier molecular flexibility index (Phi) is 6.17. The number of anilines is 2. The molecule has 0 saturated carbocycles. The van der Waals surface area contributed by atoms with Crippen LogP contribution in [0.3, 0.4) is 0 Å². The van der Waals surface area contributed by atoms with Crippen LogP contribution >= 0.6 is 0 Å². The quantitative estimate of drug-likeness (QED) is 0.586. The lowest BCUT2D eigenvalue weighted by atomic mass is 10.1. The van der Waals surface area contributed by atoms with Crippen molar-refractivity contribution in [2.24, 2.45) is 0 Å². The van der Waals surface area contributed by atoms with E-state index in [0.717, 1.165) is 22.5 Å². The average Bonchev–Trinajstić information content (AvgIpc) is 3.43. The largest absolute Gasteiger partial charge is 0.378 e. The van der Waals surface area contributed by atoms with Crippen LogP contribution in [-0.2, 0) is 9.47 Å². The summed E-state index contributed by atoms with van der Waals surface area (Å²) < 4.78 is 12.0. The van der Waals surface area contributed by atoms with Crippen LogP contribution in [-0.4, -0.2) is 67.5 Å². The number of carbonyl (C=O) groups excluding carboxylic acids is 1. The molecule has 2 aromatic carbocycles. The molecule has 0 radical (unpaired) electrons. The van der Waals surface area contributed by atoms with E-state index < -0.39 is 0 Å². The highest BCUT2D eigenvalue weighted by molar-refractivity contribution is 5.94. The molecule has 5 rings (SSSR count). The number of carbonyl (C=O) groups is 1. The molecule has 176 valence electrons. The molecule has 3 aromatic rings. The minimum Gasteiger partial charge on any atom is -0.378 e. The van der Waals surface area contributed by atoms with Crippen LogP contribution in [0.5, 0.6) is 0 Å². The monoisotopic (exact) mass is 459 g/mol. The maximum atomic E-state index is 12.6. The van der Waals surface area contributed by atoms with Gasteiger partial charge in [-0.2, -0.15) is 0 Å². The van der Waals surface area contributed by atoms with Gasteiger partial charge >= 0.3 is 0 Å². The van der Waals surface area contributed by atoms with Crippen molar-refractivity contribution in [3.8, 4) is 11.3 Å². The molecule has 1 amide bonds. The molecule has 8 nitrogen and oxygen atoms in total. The molecule has 0 aliphatic carbocycles. The minimum atomic E-state index is -0.214. The van der Waals surface area contributed by atoms with Crippen molar-refractivity contribution >= 4 is 17.5 Å². The third-order valence-electron chi connectivity index (χ3n) is 6.33. The first-order valence-electron chi connectivity index (χ1n) is 11.5. The van der Waals surface area contributed by atoms with Gasteiger partial charge in [0.1, 0.15) is 12.2 Å². The van der Waals surface area contributed by atoms with Gasteiger partial charge in [0, 0.05) is 37.1 Å². The number of hydrogen-bond acceptors (Lipinski definition) is 7. The molecule has 4 atom stereocenters. The van der Waals surface area contributed by atoms with Crippen LogP contribution in [0.2, 0.25) is 0 Å². The zero-order valence-electron chi connectivity index (χ0n) is 19.6. The van der Waals surface area contributed by atoms with Crippen molar-refractivity contribution in [3.05, 3.63) is 71.9 Å². The first kappa shape index (κ1) is 22.3. The fourth-order valence-corrected chi connectivity index (χ4v) is 4.39. The first-order valence-corrected chi connectivity index (χ1v) is 11.5. The number of aromatic nitrogens is 2. The standard InChI is InChI=1S/C26H29N5O3/c1-16-4-6-18(7-5-16)25(32)28-21-14-33-24-22(15-34-23(21)24)30-26-27-13-12-20(29-26)17-8-10-19(11-9-17)31(2)3/h4-13,21-24H,14-15H2,1-3H3,(H,28,32)(H,27,29,30)/t21-,22+,23-,24+/m1/s1. The normalized spacial score (nSPS) is 23.4. The molecule has 2 aliphatic heterocycles. The average molecular weight is 460 g/mol. The van der Waals surface area contributed by atoms with Gasteiger partial charge in [-0.1, -0.05) is 29.8 Å². The van der Waals surface area contributed by atoms with E-state index in [1.165, 1.54) is 0 Å². The van der Waals surface area contributed by atoms with Crippen molar-refractivity contribution in [2.45, 2.75) is 31.2 Å². The highest BCUT2D eigenvalue weighted by Crippen LogP contribution is 2.29. The van der Waals surface area contributed by atoms with E-state index in [9.17, 15) is 4.79 Å². The Morgan fingerprint density at radius 1 is 0.941 bits per heavy atom. The Hall–Kier alpha value is -3.49. The lowest BCUT2D eigenvalue weighted by Crippen LogP contribution is -2.44. The Balaban J connectivity index is 1.22. The van der Waals surface area contributed by atoms with Crippen LogP contribution in [0.1, 0.15) is 15.9 Å². The van der Waals surface area contributed by atoms with Gasteiger partial charge in [-0.3, -0.25) is 4.79 Å². The van der Waals surface area contributed by atoms with Gasteiger partial charge in [-0.25, -0.2) is 9.97 Å². The summed E-state index contributed by atoms with van der Waals surface area (Å²) in [6.45, 7) is 2.86. The van der Waals surface area contributed by atoms with E-state index in [2.05, 4.69) is 44.8 Å². The molecular formula is C26H29N5O3. The van der Waals surface area contributed by atoms with Gasteiger partial charge in [-0.15, -0.1) is 0 Å². The molecule has 0 bridgehead atoms. The molecule has 1 aromatic heterocycles. The second-order valence-corrected chi connectivity index (χ2v) is 9.00. The summed E-state index contributed by atoms with van der Waals surface area (Å²) in [4.78, 5) is 23.8. The van der Waals surface area contributed by atoms with Gasteiger partial charge < -0.3 is 25.0 Å². The van der Waals surface area contributed by atoms with Crippen molar-refractivity contribution in [1.82, 2.24) is 15.3 Å². The van der Waals surface area contributed by atoms with E-state index >= 15 is 0 Å². The number of aryl methyl sites for hydroxylation is 1. The molecule has 2 saturated heterocycles. The number of ether oxygens (including phenoxy) is 2. The van der Waals surface area contributed by atoms with E-state index in [1.54, 1.807) is 6.20 Å². The summed E-state index contributed by atoms with van der Waals surface area (Å²) in [5, 5.41) is 6.43. The number of nitrogens with one attached hydrogen (secondary N) is 2. The van der Waals surface area contributed by atoms with Crippen LogP contribution in [0.4, 0.5) is 11.6 Å². The van der Waals surface area contributed by atoms with Gasteiger partial charge in [0.25, 0.3) is 5.91 Å². The third kappa shape index (κ3) is 4.60. The Bertz CT molecular complexity index is 1150. The number of hydrogen-bond donors (Lipinski definition) is 2. The molecule has 0 unspecified atom stereocenters. The van der Waals surface area contributed by atoms with Gasteiger partial charge in [0.2, 0.25) is 5.95 Å². The fourth-order valence-electron chi connectivity index (χ4n) is 4.39. The second-order valence-electron chi connectivity index (χ2n) is 9.00. The number of amides is 1. The summed E-state index contributed by atoms with van der Waals surface area (Å²) in [7, 11) is 4.03. The van der Waals surface area contributed by atoms with Gasteiger partial charge in [0.15, 0.2) is 0 Å². The number of rotatable bonds is 6. The summed E-state index contributed by atoms with van der Waals surface area (Å²) >= 11 is 0. The predicted molar refractivity (Wildman–Crippen MR) is 131 cm³/mol. The maximum absolute atomic E-state index is 12.6. The summed E-state index contributed by atoms with van der Waals surface area (Å²) in [5.74, 6) is 0.407. The topological polar surface area (TPSA) is 88.6 Å². The zero-order chi connectivity index (χ0) is 23.7. The Morgan fingerprint density at radius 3 is 2.32 bits per heavy atom. The molecule has 34 heavy (non-hydrogen) atoms. The van der Waals surface area contributed by atoms with Crippen LogP contribution in [0, 0.1) is 6.92 Å². The lowest BCUT2D eigenvalue weighted by Gasteiger charge is -2.18. The first-order chi connectivity index (χ1) is 16.5. The van der Waals surface area contributed by atoms with Crippen molar-refractivity contribution < 1.29 is 14.3 Å². The Morgan fingerprint density at radius 2 is 1.62 bits per heavy atom. The molecule has 2 N–H and O–H groups in total. The lowest BCUT2D eigenvalue weighted by molar-refractivity contribution is 0.0652. The van der Waals surface area contributed by atoms with Crippen molar-refractivity contribution in [2.75, 3.05) is 37.5 Å².